The van der Waals surface area contributed by atoms with Crippen molar-refractivity contribution in [2.45, 2.75) is 45.6 Å². The SMILES string of the molecule is CC(C)(C)OC(=O)CCOCCOCCOCCOCCNC(=O)CCC(=O)O. The van der Waals surface area contributed by atoms with E-state index in [-0.39, 0.29) is 31.1 Å². The van der Waals surface area contributed by atoms with Crippen LogP contribution in [-0.2, 0) is 38.1 Å². The molecule has 0 aromatic carbocycles. The van der Waals surface area contributed by atoms with E-state index < -0.39 is 11.6 Å². The summed E-state index contributed by atoms with van der Waals surface area (Å²) in [5.74, 6) is -1.59. The molecule has 0 unspecified atom stereocenters. The van der Waals surface area contributed by atoms with Crippen LogP contribution in [0.5, 0.6) is 0 Å². The Bertz CT molecular complexity index is 463. The summed E-state index contributed by atoms with van der Waals surface area (Å²) in [4.78, 5) is 33.0. The molecule has 0 aromatic heterocycles. The van der Waals surface area contributed by atoms with Crippen LogP contribution in [0.2, 0.25) is 0 Å². The van der Waals surface area contributed by atoms with Crippen LogP contribution in [0.3, 0.4) is 0 Å². The maximum Gasteiger partial charge on any atom is 0.308 e. The van der Waals surface area contributed by atoms with Gasteiger partial charge in [-0.05, 0) is 20.8 Å². The van der Waals surface area contributed by atoms with Crippen molar-refractivity contribution in [1.82, 2.24) is 5.32 Å². The molecule has 0 saturated heterocycles. The van der Waals surface area contributed by atoms with Gasteiger partial charge in [0, 0.05) is 13.0 Å². The molecule has 29 heavy (non-hydrogen) atoms. The normalized spacial score (nSPS) is 11.3. The molecule has 2 N–H and O–H groups in total. The number of hydrogen-bond acceptors (Lipinski definition) is 8. The molecule has 10 nitrogen and oxygen atoms in total. The number of carboxylic acids is 1. The van der Waals surface area contributed by atoms with Crippen LogP contribution in [0.4, 0.5) is 0 Å². The highest BCUT2D eigenvalue weighted by Crippen LogP contribution is 2.07. The van der Waals surface area contributed by atoms with Crippen LogP contribution in [0.25, 0.3) is 0 Å². The Morgan fingerprint density at radius 1 is 0.724 bits per heavy atom. The summed E-state index contributed by atoms with van der Waals surface area (Å²) < 4.78 is 26.4. The molecule has 0 aliphatic heterocycles. The predicted octanol–water partition coefficient (Wildman–Crippen LogP) is 0.766. The Balaban J connectivity index is 3.23. The number of ether oxygens (including phenoxy) is 5. The van der Waals surface area contributed by atoms with Crippen molar-refractivity contribution in [3.8, 4) is 0 Å². The Kier molecular flexibility index (Phi) is 16.1. The van der Waals surface area contributed by atoms with Gasteiger partial charge in [-0.15, -0.1) is 0 Å². The lowest BCUT2D eigenvalue weighted by Gasteiger charge is -2.19. The molecule has 10 heteroatoms. The number of carbonyl (C=O) groups excluding carboxylic acids is 2. The number of amides is 1. The van der Waals surface area contributed by atoms with E-state index in [2.05, 4.69) is 5.32 Å². The minimum Gasteiger partial charge on any atom is -0.481 e. The van der Waals surface area contributed by atoms with E-state index in [1.165, 1.54) is 0 Å². The number of esters is 1. The largest absolute Gasteiger partial charge is 0.481 e. The first-order chi connectivity index (χ1) is 13.7. The first-order valence-electron chi connectivity index (χ1n) is 9.72. The number of aliphatic carboxylic acids is 1. The van der Waals surface area contributed by atoms with E-state index in [9.17, 15) is 14.4 Å². The van der Waals surface area contributed by atoms with Crippen molar-refractivity contribution in [2.75, 3.05) is 59.4 Å². The monoisotopic (exact) mass is 421 g/mol. The van der Waals surface area contributed by atoms with Gasteiger partial charge in [0.1, 0.15) is 5.60 Å². The third-order valence-electron chi connectivity index (χ3n) is 3.12. The van der Waals surface area contributed by atoms with Gasteiger partial charge >= 0.3 is 11.9 Å². The molecule has 0 aromatic rings. The van der Waals surface area contributed by atoms with Gasteiger partial charge in [-0.1, -0.05) is 0 Å². The van der Waals surface area contributed by atoms with Crippen LogP contribution >= 0.6 is 0 Å². The first kappa shape index (κ1) is 27.2. The topological polar surface area (TPSA) is 130 Å². The summed E-state index contributed by atoms with van der Waals surface area (Å²) in [7, 11) is 0. The molecule has 0 aliphatic rings. The minimum absolute atomic E-state index is 0.0345. The zero-order chi connectivity index (χ0) is 22.0. The zero-order valence-electron chi connectivity index (χ0n) is 17.7. The molecule has 1 amide bonds. The van der Waals surface area contributed by atoms with Crippen molar-refractivity contribution in [3.05, 3.63) is 0 Å². The summed E-state index contributed by atoms with van der Waals surface area (Å²) in [6.45, 7) is 8.87. The molecule has 0 heterocycles. The number of carboxylic acid groups (broad SMARTS) is 1. The Hall–Kier alpha value is -1.75. The molecule has 0 saturated carbocycles. The highest BCUT2D eigenvalue weighted by atomic mass is 16.6. The minimum atomic E-state index is -0.997. The maximum absolute atomic E-state index is 11.5. The molecule has 170 valence electrons. The van der Waals surface area contributed by atoms with Gasteiger partial charge in [-0.25, -0.2) is 0 Å². The third kappa shape index (κ3) is 22.4. The van der Waals surface area contributed by atoms with Crippen LogP contribution < -0.4 is 5.32 Å². The van der Waals surface area contributed by atoms with E-state index in [1.54, 1.807) is 0 Å². The third-order valence-corrected chi connectivity index (χ3v) is 3.12. The van der Waals surface area contributed by atoms with Crippen LogP contribution in [0, 0.1) is 0 Å². The second-order valence-corrected chi connectivity index (χ2v) is 7.03. The summed E-state index contributed by atoms with van der Waals surface area (Å²) in [5.41, 5.74) is -0.482. The van der Waals surface area contributed by atoms with Crippen molar-refractivity contribution in [2.24, 2.45) is 0 Å². The van der Waals surface area contributed by atoms with Crippen molar-refractivity contribution >= 4 is 17.8 Å². The highest BCUT2D eigenvalue weighted by molar-refractivity contribution is 5.80. The van der Waals surface area contributed by atoms with Gasteiger partial charge < -0.3 is 34.1 Å². The quantitative estimate of drug-likeness (QED) is 0.243. The average Bonchev–Trinajstić information content (AvgIpc) is 2.61. The lowest BCUT2D eigenvalue weighted by atomic mass is 10.2. The summed E-state index contributed by atoms with van der Waals surface area (Å²) in [6, 6.07) is 0. The Labute approximate surface area is 172 Å². The fourth-order valence-corrected chi connectivity index (χ4v) is 1.88. The smallest absolute Gasteiger partial charge is 0.308 e. The van der Waals surface area contributed by atoms with Crippen LogP contribution in [-0.4, -0.2) is 88.0 Å². The maximum atomic E-state index is 11.5. The highest BCUT2D eigenvalue weighted by Gasteiger charge is 2.15. The number of hydrogen-bond donors (Lipinski definition) is 2. The van der Waals surface area contributed by atoms with E-state index in [0.717, 1.165) is 0 Å². The second kappa shape index (κ2) is 17.1. The average molecular weight is 421 g/mol. The molecule has 0 fully saturated rings. The Morgan fingerprint density at radius 2 is 1.21 bits per heavy atom. The van der Waals surface area contributed by atoms with Gasteiger partial charge in [0.2, 0.25) is 5.91 Å². The van der Waals surface area contributed by atoms with Crippen molar-refractivity contribution in [3.63, 3.8) is 0 Å². The molecule has 0 bridgehead atoms. The number of rotatable bonds is 18. The van der Waals surface area contributed by atoms with Crippen molar-refractivity contribution in [1.29, 1.82) is 0 Å². The lowest BCUT2D eigenvalue weighted by molar-refractivity contribution is -0.156. The van der Waals surface area contributed by atoms with Gasteiger partial charge in [0.25, 0.3) is 0 Å². The van der Waals surface area contributed by atoms with E-state index in [1.807, 2.05) is 20.8 Å². The van der Waals surface area contributed by atoms with Gasteiger partial charge in [0.15, 0.2) is 0 Å². The fraction of sp³-hybridized carbons (Fsp3) is 0.842. The van der Waals surface area contributed by atoms with Crippen LogP contribution in [0.1, 0.15) is 40.0 Å². The molecule has 0 spiro atoms. The van der Waals surface area contributed by atoms with E-state index in [4.69, 9.17) is 28.8 Å². The number of nitrogens with one attached hydrogen (secondary N) is 1. The zero-order valence-corrected chi connectivity index (χ0v) is 17.7. The summed E-state index contributed by atoms with van der Waals surface area (Å²) in [6.07, 6.45) is 0.000427. The molecule has 0 radical (unpaired) electrons. The second-order valence-electron chi connectivity index (χ2n) is 7.03. The molecular formula is C19H35NO9. The van der Waals surface area contributed by atoms with Gasteiger partial charge in [-0.3, -0.25) is 14.4 Å². The fourth-order valence-electron chi connectivity index (χ4n) is 1.88. The van der Waals surface area contributed by atoms with E-state index in [0.29, 0.717) is 59.4 Å². The molecule has 0 aliphatic carbocycles. The summed E-state index contributed by atoms with van der Waals surface area (Å²) >= 11 is 0. The van der Waals surface area contributed by atoms with Gasteiger partial charge in [-0.2, -0.15) is 0 Å². The lowest BCUT2D eigenvalue weighted by Crippen LogP contribution is -2.27. The molecule has 0 atom stereocenters. The predicted molar refractivity (Wildman–Crippen MR) is 104 cm³/mol. The summed E-state index contributed by atoms with van der Waals surface area (Å²) in [5, 5.41) is 11.0. The molecule has 0 rings (SSSR count). The number of carbonyl (C=O) groups is 3. The van der Waals surface area contributed by atoms with E-state index >= 15 is 0 Å². The first-order valence-corrected chi connectivity index (χ1v) is 9.72. The van der Waals surface area contributed by atoms with Crippen LogP contribution in [0.15, 0.2) is 0 Å². The van der Waals surface area contributed by atoms with Gasteiger partial charge in [0.05, 0.1) is 65.7 Å². The Morgan fingerprint density at radius 3 is 1.69 bits per heavy atom. The standard InChI is InChI=1S/C19H35NO9/c1-19(2,3)29-18(24)6-8-25-10-12-27-14-15-28-13-11-26-9-7-20-16(21)4-5-17(22)23/h4-15H2,1-3H3,(H,20,21)(H,22,23). The van der Waals surface area contributed by atoms with Crippen molar-refractivity contribution < 1.29 is 43.2 Å². The molecular weight excluding hydrogens is 386 g/mol.